The molecule has 1 atom stereocenters. The topological polar surface area (TPSA) is 75.6 Å². The van der Waals surface area contributed by atoms with Gasteiger partial charge in [0.15, 0.2) is 0 Å². The number of sulfonamides is 1. The first-order valence-corrected chi connectivity index (χ1v) is 8.56. The monoisotopic (exact) mass is 315 g/mol. The van der Waals surface area contributed by atoms with E-state index in [0.717, 1.165) is 12.0 Å². The Hall–Kier alpha value is -0.950. The molecule has 120 valence electrons. The van der Waals surface area contributed by atoms with E-state index >= 15 is 0 Å². The van der Waals surface area contributed by atoms with Crippen LogP contribution in [0.3, 0.4) is 0 Å². The normalized spacial score (nSPS) is 13.4. The highest BCUT2D eigenvalue weighted by Gasteiger charge is 2.22. The van der Waals surface area contributed by atoms with E-state index < -0.39 is 10.0 Å². The van der Waals surface area contributed by atoms with Gasteiger partial charge < -0.3 is 9.84 Å². The Kier molecular flexibility index (Phi) is 6.80. The van der Waals surface area contributed by atoms with Crippen LogP contribution >= 0.6 is 0 Å². The first kappa shape index (κ1) is 18.1. The Labute approximate surface area is 127 Å². The van der Waals surface area contributed by atoms with Crippen LogP contribution in [0.25, 0.3) is 0 Å². The molecular formula is C15H25NO4S. The number of aliphatic hydroxyl groups excluding tert-OH is 1. The number of hydrogen-bond donors (Lipinski definition) is 2. The van der Waals surface area contributed by atoms with Crippen LogP contribution in [0.2, 0.25) is 0 Å². The quantitative estimate of drug-likeness (QED) is 0.768. The number of benzene rings is 1. The lowest BCUT2D eigenvalue weighted by Crippen LogP contribution is -2.38. The summed E-state index contributed by atoms with van der Waals surface area (Å²) in [5.74, 6) is 0. The number of methoxy groups -OCH3 is 1. The van der Waals surface area contributed by atoms with Crippen molar-refractivity contribution in [2.75, 3.05) is 13.7 Å². The zero-order valence-corrected chi connectivity index (χ0v) is 14.0. The molecule has 0 amide bonds. The molecule has 21 heavy (non-hydrogen) atoms. The maximum Gasteiger partial charge on any atom is 0.241 e. The fourth-order valence-electron chi connectivity index (χ4n) is 2.28. The third-order valence-corrected chi connectivity index (χ3v) is 5.13. The van der Waals surface area contributed by atoms with Crippen LogP contribution in [0.1, 0.15) is 36.5 Å². The van der Waals surface area contributed by atoms with Crippen LogP contribution in [0.4, 0.5) is 0 Å². The second kappa shape index (κ2) is 7.89. The van der Waals surface area contributed by atoms with E-state index in [4.69, 9.17) is 4.74 Å². The molecule has 0 aromatic heterocycles. The van der Waals surface area contributed by atoms with Gasteiger partial charge in [-0.3, -0.25) is 0 Å². The van der Waals surface area contributed by atoms with E-state index in [9.17, 15) is 13.5 Å². The van der Waals surface area contributed by atoms with Crippen molar-refractivity contribution in [2.45, 2.75) is 51.2 Å². The fraction of sp³-hybridized carbons (Fsp3) is 0.600. The predicted molar refractivity (Wildman–Crippen MR) is 82.7 cm³/mol. The fourth-order valence-corrected chi connectivity index (χ4v) is 3.90. The SMILES string of the molecule is CCCC(COC)NS(=O)(=O)c1cc(CO)cc(C)c1C. The molecule has 0 aliphatic heterocycles. The molecule has 0 saturated heterocycles. The second-order valence-corrected chi connectivity index (χ2v) is 6.94. The minimum absolute atomic E-state index is 0.180. The molecule has 0 bridgehead atoms. The number of hydrogen-bond acceptors (Lipinski definition) is 4. The Bertz CT molecular complexity index is 563. The van der Waals surface area contributed by atoms with Crippen molar-refractivity contribution >= 4 is 10.0 Å². The minimum atomic E-state index is -3.63. The number of nitrogens with one attached hydrogen (secondary N) is 1. The average Bonchev–Trinajstić information content (AvgIpc) is 2.41. The Morgan fingerprint density at radius 2 is 2.00 bits per heavy atom. The molecule has 0 fully saturated rings. The molecule has 1 aromatic carbocycles. The van der Waals surface area contributed by atoms with Crippen LogP contribution in [-0.2, 0) is 21.4 Å². The van der Waals surface area contributed by atoms with Gasteiger partial charge in [-0.05, 0) is 43.0 Å². The van der Waals surface area contributed by atoms with Gasteiger partial charge in [-0.1, -0.05) is 19.4 Å². The van der Waals surface area contributed by atoms with Gasteiger partial charge in [-0.15, -0.1) is 0 Å². The van der Waals surface area contributed by atoms with Gasteiger partial charge in [0.2, 0.25) is 10.0 Å². The van der Waals surface area contributed by atoms with Crippen molar-refractivity contribution in [1.82, 2.24) is 4.72 Å². The van der Waals surface area contributed by atoms with Gasteiger partial charge >= 0.3 is 0 Å². The van der Waals surface area contributed by atoms with Crippen LogP contribution in [0, 0.1) is 13.8 Å². The Morgan fingerprint density at radius 3 is 2.52 bits per heavy atom. The molecule has 0 saturated carbocycles. The van der Waals surface area contributed by atoms with Crippen molar-refractivity contribution < 1.29 is 18.3 Å². The van der Waals surface area contributed by atoms with E-state index in [1.807, 2.05) is 13.8 Å². The molecule has 1 unspecified atom stereocenters. The van der Waals surface area contributed by atoms with Crippen LogP contribution in [-0.4, -0.2) is 33.3 Å². The predicted octanol–water partition coefficient (Wildman–Crippen LogP) is 1.89. The molecule has 1 rings (SSSR count). The summed E-state index contributed by atoms with van der Waals surface area (Å²) in [6.45, 7) is 5.77. The Balaban J connectivity index is 3.14. The van der Waals surface area contributed by atoms with Crippen LogP contribution in [0.15, 0.2) is 17.0 Å². The standard InChI is InChI=1S/C15H25NO4S/c1-5-6-14(10-20-4)16-21(18,19)15-8-13(9-17)7-11(2)12(15)3/h7-8,14,16-17H,5-6,9-10H2,1-4H3. The number of ether oxygens (including phenoxy) is 1. The van der Waals surface area contributed by atoms with E-state index in [1.54, 1.807) is 20.1 Å². The summed E-state index contributed by atoms with van der Waals surface area (Å²) in [6, 6.07) is 3.08. The van der Waals surface area contributed by atoms with Crippen molar-refractivity contribution in [1.29, 1.82) is 0 Å². The summed E-state index contributed by atoms with van der Waals surface area (Å²) in [6.07, 6.45) is 1.58. The number of aliphatic hydroxyl groups is 1. The summed E-state index contributed by atoms with van der Waals surface area (Å²) < 4.78 is 32.9. The molecular weight excluding hydrogens is 290 g/mol. The summed E-state index contributed by atoms with van der Waals surface area (Å²) >= 11 is 0. The van der Waals surface area contributed by atoms with Crippen LogP contribution < -0.4 is 4.72 Å². The molecule has 0 spiro atoms. The zero-order valence-electron chi connectivity index (χ0n) is 13.1. The summed E-state index contributed by atoms with van der Waals surface area (Å²) in [4.78, 5) is 0.226. The van der Waals surface area contributed by atoms with E-state index in [-0.39, 0.29) is 17.5 Å². The summed E-state index contributed by atoms with van der Waals surface area (Å²) in [7, 11) is -2.08. The molecule has 0 aliphatic carbocycles. The molecule has 0 aliphatic rings. The number of rotatable bonds is 8. The van der Waals surface area contributed by atoms with Gasteiger partial charge in [-0.25, -0.2) is 13.1 Å². The maximum absolute atomic E-state index is 12.6. The lowest BCUT2D eigenvalue weighted by molar-refractivity contribution is 0.171. The van der Waals surface area contributed by atoms with Crippen molar-refractivity contribution in [3.63, 3.8) is 0 Å². The zero-order chi connectivity index (χ0) is 16.0. The van der Waals surface area contributed by atoms with Crippen molar-refractivity contribution in [2.24, 2.45) is 0 Å². The highest BCUT2D eigenvalue weighted by Crippen LogP contribution is 2.21. The van der Waals surface area contributed by atoms with E-state index in [2.05, 4.69) is 4.72 Å². The smallest absolute Gasteiger partial charge is 0.241 e. The maximum atomic E-state index is 12.6. The van der Waals surface area contributed by atoms with Crippen LogP contribution in [0.5, 0.6) is 0 Å². The third-order valence-electron chi connectivity index (χ3n) is 3.48. The average molecular weight is 315 g/mol. The van der Waals surface area contributed by atoms with Gasteiger partial charge in [0.1, 0.15) is 0 Å². The van der Waals surface area contributed by atoms with E-state index in [1.165, 1.54) is 6.07 Å². The van der Waals surface area contributed by atoms with Gasteiger partial charge in [0.05, 0.1) is 18.1 Å². The highest BCUT2D eigenvalue weighted by atomic mass is 32.2. The summed E-state index contributed by atoms with van der Waals surface area (Å²) in [5, 5.41) is 9.26. The Morgan fingerprint density at radius 1 is 1.33 bits per heavy atom. The molecule has 2 N–H and O–H groups in total. The molecule has 0 heterocycles. The third kappa shape index (κ3) is 4.78. The van der Waals surface area contributed by atoms with Gasteiger partial charge in [0.25, 0.3) is 0 Å². The lowest BCUT2D eigenvalue weighted by atomic mass is 10.1. The lowest BCUT2D eigenvalue weighted by Gasteiger charge is -2.19. The molecule has 1 aromatic rings. The van der Waals surface area contributed by atoms with Gasteiger partial charge in [0, 0.05) is 13.2 Å². The van der Waals surface area contributed by atoms with Gasteiger partial charge in [-0.2, -0.15) is 0 Å². The number of aryl methyl sites for hydroxylation is 1. The molecule has 6 heteroatoms. The summed E-state index contributed by atoms with van der Waals surface area (Å²) in [5.41, 5.74) is 2.14. The second-order valence-electron chi connectivity index (χ2n) is 5.26. The minimum Gasteiger partial charge on any atom is -0.392 e. The van der Waals surface area contributed by atoms with Crippen molar-refractivity contribution in [3.05, 3.63) is 28.8 Å². The molecule has 5 nitrogen and oxygen atoms in total. The first-order valence-electron chi connectivity index (χ1n) is 7.08. The first-order chi connectivity index (χ1) is 9.85. The van der Waals surface area contributed by atoms with Crippen molar-refractivity contribution in [3.8, 4) is 0 Å². The largest absolute Gasteiger partial charge is 0.392 e. The molecule has 0 radical (unpaired) electrons. The highest BCUT2D eigenvalue weighted by molar-refractivity contribution is 7.89. The van der Waals surface area contributed by atoms with E-state index in [0.29, 0.717) is 24.2 Å².